The lowest BCUT2D eigenvalue weighted by molar-refractivity contribution is -0.122. The highest BCUT2D eigenvalue weighted by Crippen LogP contribution is 2.33. The Morgan fingerprint density at radius 1 is 0.914 bits per heavy atom. The van der Waals surface area contributed by atoms with Crippen molar-refractivity contribution < 1.29 is 27.4 Å². The quantitative estimate of drug-likeness (QED) is 0.500. The summed E-state index contributed by atoms with van der Waals surface area (Å²) in [6.07, 6.45) is 1.08. The van der Waals surface area contributed by atoms with Crippen LogP contribution < -0.4 is 23.8 Å². The maximum Gasteiger partial charge on any atom is 0.244 e. The maximum atomic E-state index is 13.1. The molecule has 0 radical (unpaired) electrons. The van der Waals surface area contributed by atoms with Crippen LogP contribution in [0.5, 0.6) is 23.0 Å². The zero-order valence-corrected chi connectivity index (χ0v) is 20.6. The van der Waals surface area contributed by atoms with E-state index in [0.717, 1.165) is 16.1 Å². The first-order valence-electron chi connectivity index (χ1n) is 11.2. The van der Waals surface area contributed by atoms with Crippen LogP contribution in [0.1, 0.15) is 25.5 Å². The van der Waals surface area contributed by atoms with Crippen LogP contribution in [-0.4, -0.2) is 39.8 Å². The van der Waals surface area contributed by atoms with Crippen LogP contribution in [-0.2, 0) is 14.8 Å². The number of sulfonamides is 1. The summed E-state index contributed by atoms with van der Waals surface area (Å²) in [5.41, 5.74) is 1.19. The molecular formula is C26H28N2O6S. The molecule has 3 aromatic carbocycles. The van der Waals surface area contributed by atoms with E-state index < -0.39 is 22.0 Å². The van der Waals surface area contributed by atoms with Gasteiger partial charge in [0.2, 0.25) is 15.9 Å². The second kappa shape index (κ2) is 10.3. The fourth-order valence-corrected chi connectivity index (χ4v) is 5.02. The van der Waals surface area contributed by atoms with Gasteiger partial charge in [0.05, 0.1) is 18.0 Å². The summed E-state index contributed by atoms with van der Waals surface area (Å²) < 4.78 is 43.4. The van der Waals surface area contributed by atoms with Crippen LogP contribution in [0.4, 0.5) is 5.69 Å². The molecule has 35 heavy (non-hydrogen) atoms. The highest BCUT2D eigenvalue weighted by Gasteiger charge is 2.30. The smallest absolute Gasteiger partial charge is 0.244 e. The third-order valence-electron chi connectivity index (χ3n) is 5.58. The Hall–Kier alpha value is -3.72. The molecule has 1 heterocycles. The fraction of sp³-hybridized carbons (Fsp3) is 0.269. The summed E-state index contributed by atoms with van der Waals surface area (Å²) >= 11 is 0. The Bertz CT molecular complexity index is 1280. The van der Waals surface area contributed by atoms with E-state index in [1.54, 1.807) is 37.3 Å². The molecule has 2 atom stereocenters. The molecule has 1 aliphatic heterocycles. The van der Waals surface area contributed by atoms with Crippen LogP contribution in [0.3, 0.4) is 0 Å². The predicted octanol–water partition coefficient (Wildman–Crippen LogP) is 4.28. The zero-order valence-electron chi connectivity index (χ0n) is 19.8. The van der Waals surface area contributed by atoms with E-state index in [4.69, 9.17) is 14.2 Å². The van der Waals surface area contributed by atoms with E-state index in [9.17, 15) is 13.2 Å². The third-order valence-corrected chi connectivity index (χ3v) is 6.83. The number of fused-ring (bicyclic) bond motifs is 1. The van der Waals surface area contributed by atoms with Gasteiger partial charge < -0.3 is 19.5 Å². The number of amides is 1. The van der Waals surface area contributed by atoms with Crippen LogP contribution in [0, 0.1) is 0 Å². The highest BCUT2D eigenvalue weighted by molar-refractivity contribution is 7.92. The molecule has 0 aromatic heterocycles. The predicted molar refractivity (Wildman–Crippen MR) is 134 cm³/mol. The molecule has 1 amide bonds. The van der Waals surface area contributed by atoms with Gasteiger partial charge in [0.25, 0.3) is 0 Å². The second-order valence-electron chi connectivity index (χ2n) is 8.28. The number of anilines is 1. The Morgan fingerprint density at radius 3 is 2.20 bits per heavy atom. The SMILES string of the molecule is CC(NC(=O)C(C)N(c1ccc(Oc2ccccc2)cc1)S(C)(=O)=O)c1ccc2c(c1)OCCO2. The number of hydrogen-bond donors (Lipinski definition) is 1. The molecule has 0 saturated carbocycles. The summed E-state index contributed by atoms with van der Waals surface area (Å²) in [6, 6.07) is 20.0. The lowest BCUT2D eigenvalue weighted by atomic mass is 10.1. The van der Waals surface area contributed by atoms with Gasteiger partial charge in [-0.05, 0) is 67.9 Å². The third kappa shape index (κ3) is 5.86. The van der Waals surface area contributed by atoms with Crippen molar-refractivity contribution in [3.05, 3.63) is 78.4 Å². The second-order valence-corrected chi connectivity index (χ2v) is 10.1. The molecule has 8 nitrogen and oxygen atoms in total. The van der Waals surface area contributed by atoms with Crippen molar-refractivity contribution in [2.75, 3.05) is 23.8 Å². The van der Waals surface area contributed by atoms with Gasteiger partial charge in [-0.1, -0.05) is 24.3 Å². The number of rotatable bonds is 8. The van der Waals surface area contributed by atoms with Gasteiger partial charge >= 0.3 is 0 Å². The van der Waals surface area contributed by atoms with Crippen molar-refractivity contribution >= 4 is 21.6 Å². The van der Waals surface area contributed by atoms with E-state index in [0.29, 0.717) is 41.9 Å². The van der Waals surface area contributed by atoms with Gasteiger partial charge in [-0.3, -0.25) is 9.10 Å². The minimum Gasteiger partial charge on any atom is -0.486 e. The Labute approximate surface area is 205 Å². The van der Waals surface area contributed by atoms with Gasteiger partial charge in [0.1, 0.15) is 30.8 Å². The summed E-state index contributed by atoms with van der Waals surface area (Å²) in [7, 11) is -3.75. The normalized spacial score (nSPS) is 14.5. The van der Waals surface area contributed by atoms with Crippen molar-refractivity contribution in [3.63, 3.8) is 0 Å². The number of para-hydroxylation sites is 1. The van der Waals surface area contributed by atoms with Crippen LogP contribution in [0.15, 0.2) is 72.8 Å². The molecule has 2 unspecified atom stereocenters. The number of carbonyl (C=O) groups excluding carboxylic acids is 1. The van der Waals surface area contributed by atoms with Crippen molar-refractivity contribution in [2.45, 2.75) is 25.9 Å². The minimum absolute atomic E-state index is 0.363. The van der Waals surface area contributed by atoms with Crippen molar-refractivity contribution in [3.8, 4) is 23.0 Å². The molecule has 184 valence electrons. The average molecular weight is 497 g/mol. The summed E-state index contributed by atoms with van der Waals surface area (Å²) in [5.74, 6) is 2.08. The van der Waals surface area contributed by atoms with E-state index in [1.807, 2.05) is 49.4 Å². The summed E-state index contributed by atoms with van der Waals surface area (Å²) in [6.45, 7) is 4.35. The fourth-order valence-electron chi connectivity index (χ4n) is 3.84. The van der Waals surface area contributed by atoms with E-state index in [1.165, 1.54) is 0 Å². The first-order chi connectivity index (χ1) is 16.7. The number of nitrogens with one attached hydrogen (secondary N) is 1. The topological polar surface area (TPSA) is 94.2 Å². The Morgan fingerprint density at radius 2 is 1.54 bits per heavy atom. The molecule has 0 aliphatic carbocycles. The largest absolute Gasteiger partial charge is 0.486 e. The Balaban J connectivity index is 1.48. The van der Waals surface area contributed by atoms with E-state index >= 15 is 0 Å². The molecule has 1 aliphatic rings. The molecule has 0 bridgehead atoms. The van der Waals surface area contributed by atoms with Gasteiger partial charge in [0, 0.05) is 0 Å². The molecule has 9 heteroatoms. The molecule has 4 rings (SSSR count). The summed E-state index contributed by atoms with van der Waals surface area (Å²) in [4.78, 5) is 13.1. The van der Waals surface area contributed by atoms with E-state index in [2.05, 4.69) is 5.32 Å². The van der Waals surface area contributed by atoms with Crippen LogP contribution in [0.25, 0.3) is 0 Å². The number of nitrogens with zero attached hydrogens (tertiary/aromatic N) is 1. The zero-order chi connectivity index (χ0) is 25.0. The highest BCUT2D eigenvalue weighted by atomic mass is 32.2. The van der Waals surface area contributed by atoms with Crippen molar-refractivity contribution in [2.24, 2.45) is 0 Å². The average Bonchev–Trinajstić information content (AvgIpc) is 2.84. The molecule has 1 N–H and O–H groups in total. The van der Waals surface area contributed by atoms with Crippen molar-refractivity contribution in [1.82, 2.24) is 5.32 Å². The molecule has 3 aromatic rings. The van der Waals surface area contributed by atoms with Crippen LogP contribution >= 0.6 is 0 Å². The number of carbonyl (C=O) groups is 1. The lowest BCUT2D eigenvalue weighted by Crippen LogP contribution is -2.48. The van der Waals surface area contributed by atoms with Crippen molar-refractivity contribution in [1.29, 1.82) is 0 Å². The first kappa shape index (κ1) is 24.4. The number of benzene rings is 3. The lowest BCUT2D eigenvalue weighted by Gasteiger charge is -2.29. The van der Waals surface area contributed by atoms with Gasteiger partial charge in [-0.15, -0.1) is 0 Å². The minimum atomic E-state index is -3.75. The van der Waals surface area contributed by atoms with Gasteiger partial charge in [-0.25, -0.2) is 8.42 Å². The number of hydrogen-bond acceptors (Lipinski definition) is 6. The van der Waals surface area contributed by atoms with Gasteiger partial charge in [-0.2, -0.15) is 0 Å². The Kier molecular flexibility index (Phi) is 7.16. The molecular weight excluding hydrogens is 468 g/mol. The monoisotopic (exact) mass is 496 g/mol. The first-order valence-corrected chi connectivity index (χ1v) is 13.1. The van der Waals surface area contributed by atoms with E-state index in [-0.39, 0.29) is 6.04 Å². The van der Waals surface area contributed by atoms with Crippen LogP contribution in [0.2, 0.25) is 0 Å². The number of ether oxygens (including phenoxy) is 3. The standard InChI is InChI=1S/C26H28N2O6S/c1-18(20-9-14-24-25(17-20)33-16-15-32-24)27-26(29)19(2)28(35(3,30)31)21-10-12-23(13-11-21)34-22-7-5-4-6-8-22/h4-14,17-19H,15-16H2,1-3H3,(H,27,29). The molecule has 0 saturated heterocycles. The summed E-state index contributed by atoms with van der Waals surface area (Å²) in [5, 5.41) is 2.90. The molecule has 0 spiro atoms. The molecule has 0 fully saturated rings. The maximum absolute atomic E-state index is 13.1. The van der Waals surface area contributed by atoms with Gasteiger partial charge in [0.15, 0.2) is 11.5 Å².